The molecule has 21 heavy (non-hydrogen) atoms. The van der Waals surface area contributed by atoms with Gasteiger partial charge in [0.25, 0.3) is 9.05 Å². The van der Waals surface area contributed by atoms with Gasteiger partial charge < -0.3 is 5.11 Å². The number of rotatable bonds is 2. The third kappa shape index (κ3) is 2.84. The van der Waals surface area contributed by atoms with Crippen molar-refractivity contribution in [3.05, 3.63) is 54.7 Å². The van der Waals surface area contributed by atoms with E-state index >= 15 is 0 Å². The topological polar surface area (TPSA) is 67.3 Å². The molecule has 6 heteroatoms. The zero-order valence-electron chi connectivity index (χ0n) is 10.7. The summed E-state index contributed by atoms with van der Waals surface area (Å²) >= 11 is 0. The summed E-state index contributed by atoms with van der Waals surface area (Å²) in [5.74, 6) is 0.157. The number of nitrogens with zero attached hydrogens (tertiary/aromatic N) is 1. The van der Waals surface area contributed by atoms with Gasteiger partial charge in [-0.15, -0.1) is 0 Å². The Hall–Kier alpha value is -2.11. The van der Waals surface area contributed by atoms with Crippen LogP contribution in [0.5, 0.6) is 5.75 Å². The van der Waals surface area contributed by atoms with Crippen LogP contribution >= 0.6 is 10.7 Å². The van der Waals surface area contributed by atoms with E-state index in [0.717, 1.165) is 11.1 Å². The fourth-order valence-electron chi connectivity index (χ4n) is 2.10. The molecule has 0 radical (unpaired) electrons. The molecule has 0 aliphatic heterocycles. The van der Waals surface area contributed by atoms with E-state index in [1.165, 1.54) is 12.1 Å². The molecule has 0 unspecified atom stereocenters. The molecule has 3 rings (SSSR count). The van der Waals surface area contributed by atoms with Crippen molar-refractivity contribution >= 4 is 30.6 Å². The van der Waals surface area contributed by atoms with E-state index < -0.39 is 9.05 Å². The van der Waals surface area contributed by atoms with Gasteiger partial charge >= 0.3 is 0 Å². The standard InChI is InChI=1S/C15H10ClNO3S/c16-21(19,20)14-4-5-15-11(8-14)6-12(9-17-15)10-2-1-3-13(18)7-10/h1-9,18H. The third-order valence-electron chi connectivity index (χ3n) is 3.11. The third-order valence-corrected chi connectivity index (χ3v) is 4.47. The average Bonchev–Trinajstić information content (AvgIpc) is 2.45. The smallest absolute Gasteiger partial charge is 0.261 e. The highest BCUT2D eigenvalue weighted by Crippen LogP contribution is 2.27. The number of fused-ring (bicyclic) bond motifs is 1. The lowest BCUT2D eigenvalue weighted by atomic mass is 10.1. The van der Waals surface area contributed by atoms with Crippen LogP contribution in [0.3, 0.4) is 0 Å². The van der Waals surface area contributed by atoms with Crippen LogP contribution in [0.1, 0.15) is 0 Å². The summed E-state index contributed by atoms with van der Waals surface area (Å²) in [6.07, 6.45) is 1.67. The Bertz CT molecular complexity index is 939. The maximum atomic E-state index is 11.4. The van der Waals surface area contributed by atoms with Gasteiger partial charge in [-0.2, -0.15) is 0 Å². The highest BCUT2D eigenvalue weighted by atomic mass is 35.7. The van der Waals surface area contributed by atoms with Crippen LogP contribution < -0.4 is 0 Å². The van der Waals surface area contributed by atoms with Crippen LogP contribution in [0.15, 0.2) is 59.6 Å². The molecule has 0 fully saturated rings. The molecular formula is C15H10ClNO3S. The van der Waals surface area contributed by atoms with Crippen molar-refractivity contribution in [2.45, 2.75) is 4.90 Å². The van der Waals surface area contributed by atoms with Gasteiger partial charge in [0.05, 0.1) is 10.4 Å². The van der Waals surface area contributed by atoms with Gasteiger partial charge in [-0.25, -0.2) is 8.42 Å². The second kappa shape index (κ2) is 5.02. The highest BCUT2D eigenvalue weighted by molar-refractivity contribution is 8.13. The maximum Gasteiger partial charge on any atom is 0.261 e. The lowest BCUT2D eigenvalue weighted by Crippen LogP contribution is -1.91. The van der Waals surface area contributed by atoms with Gasteiger partial charge in [-0.3, -0.25) is 4.98 Å². The van der Waals surface area contributed by atoms with Crippen LogP contribution in [0.25, 0.3) is 22.0 Å². The number of phenols is 1. The second-order valence-corrected chi connectivity index (χ2v) is 7.13. The Morgan fingerprint density at radius 2 is 1.81 bits per heavy atom. The molecule has 0 atom stereocenters. The van der Waals surface area contributed by atoms with Crippen molar-refractivity contribution in [3.8, 4) is 16.9 Å². The Balaban J connectivity index is 2.19. The van der Waals surface area contributed by atoms with Crippen LogP contribution in [0.4, 0.5) is 0 Å². The summed E-state index contributed by atoms with van der Waals surface area (Å²) in [6.45, 7) is 0. The molecule has 1 N–H and O–H groups in total. The summed E-state index contributed by atoms with van der Waals surface area (Å²) in [6, 6.07) is 13.1. The van der Waals surface area contributed by atoms with Gasteiger partial charge in [0, 0.05) is 27.8 Å². The van der Waals surface area contributed by atoms with Crippen molar-refractivity contribution in [3.63, 3.8) is 0 Å². The van der Waals surface area contributed by atoms with E-state index in [2.05, 4.69) is 4.98 Å². The number of pyridine rings is 1. The normalized spacial score (nSPS) is 11.7. The minimum Gasteiger partial charge on any atom is -0.508 e. The minimum atomic E-state index is -3.77. The van der Waals surface area contributed by atoms with E-state index in [0.29, 0.717) is 10.9 Å². The fourth-order valence-corrected chi connectivity index (χ4v) is 2.89. The van der Waals surface area contributed by atoms with Crippen molar-refractivity contribution in [1.29, 1.82) is 0 Å². The number of hydrogen-bond donors (Lipinski definition) is 1. The molecule has 0 saturated heterocycles. The molecular weight excluding hydrogens is 310 g/mol. The summed E-state index contributed by atoms with van der Waals surface area (Å²) in [5.41, 5.74) is 2.24. The van der Waals surface area contributed by atoms with E-state index in [-0.39, 0.29) is 10.6 Å². The van der Waals surface area contributed by atoms with Crippen molar-refractivity contribution in [2.75, 3.05) is 0 Å². The number of aromatic nitrogens is 1. The minimum absolute atomic E-state index is 0.0338. The molecule has 0 saturated carbocycles. The zero-order valence-corrected chi connectivity index (χ0v) is 12.3. The van der Waals surface area contributed by atoms with Gasteiger partial charge in [-0.05, 0) is 42.0 Å². The van der Waals surface area contributed by atoms with Gasteiger partial charge in [0.1, 0.15) is 5.75 Å². The fraction of sp³-hybridized carbons (Fsp3) is 0. The molecule has 2 aromatic carbocycles. The van der Waals surface area contributed by atoms with Gasteiger partial charge in [0.2, 0.25) is 0 Å². The van der Waals surface area contributed by atoms with E-state index in [4.69, 9.17) is 10.7 Å². The maximum absolute atomic E-state index is 11.4. The molecule has 0 spiro atoms. The van der Waals surface area contributed by atoms with Crippen molar-refractivity contribution < 1.29 is 13.5 Å². The van der Waals surface area contributed by atoms with Crippen LogP contribution in [-0.2, 0) is 9.05 Å². The van der Waals surface area contributed by atoms with E-state index in [1.54, 1.807) is 30.5 Å². The second-order valence-electron chi connectivity index (χ2n) is 4.57. The number of aromatic hydroxyl groups is 1. The zero-order chi connectivity index (χ0) is 15.0. The SMILES string of the molecule is O=S(=O)(Cl)c1ccc2ncc(-c3cccc(O)c3)cc2c1. The van der Waals surface area contributed by atoms with Crippen molar-refractivity contribution in [2.24, 2.45) is 0 Å². The number of phenolic OH excluding ortho intramolecular Hbond substituents is 1. The highest BCUT2D eigenvalue weighted by Gasteiger charge is 2.11. The Morgan fingerprint density at radius 3 is 2.52 bits per heavy atom. The summed E-state index contributed by atoms with van der Waals surface area (Å²) in [4.78, 5) is 4.32. The molecule has 4 nitrogen and oxygen atoms in total. The monoisotopic (exact) mass is 319 g/mol. The Kier molecular flexibility index (Phi) is 3.31. The first-order valence-corrected chi connectivity index (χ1v) is 8.38. The van der Waals surface area contributed by atoms with Crippen molar-refractivity contribution in [1.82, 2.24) is 4.98 Å². The lowest BCUT2D eigenvalue weighted by molar-refractivity contribution is 0.475. The summed E-state index contributed by atoms with van der Waals surface area (Å²) in [5, 5.41) is 10.2. The molecule has 106 valence electrons. The molecule has 0 bridgehead atoms. The van der Waals surface area contributed by atoms with Gasteiger partial charge in [0.15, 0.2) is 0 Å². The average molecular weight is 320 g/mol. The molecule has 0 aliphatic rings. The summed E-state index contributed by atoms with van der Waals surface area (Å²) < 4.78 is 22.8. The predicted molar refractivity (Wildman–Crippen MR) is 81.9 cm³/mol. The predicted octanol–water partition coefficient (Wildman–Crippen LogP) is 3.53. The quantitative estimate of drug-likeness (QED) is 0.734. The number of benzene rings is 2. The first kappa shape index (κ1) is 13.9. The molecule has 0 amide bonds. The number of hydrogen-bond acceptors (Lipinski definition) is 4. The molecule has 3 aromatic rings. The van der Waals surface area contributed by atoms with Crippen LogP contribution in [-0.4, -0.2) is 18.5 Å². The van der Waals surface area contributed by atoms with Gasteiger partial charge in [-0.1, -0.05) is 12.1 Å². The van der Waals surface area contributed by atoms with Crippen LogP contribution in [0.2, 0.25) is 0 Å². The molecule has 0 aliphatic carbocycles. The largest absolute Gasteiger partial charge is 0.508 e. The van der Waals surface area contributed by atoms with E-state index in [9.17, 15) is 13.5 Å². The number of halogens is 1. The van der Waals surface area contributed by atoms with Crippen LogP contribution in [0, 0.1) is 0 Å². The Morgan fingerprint density at radius 1 is 1.00 bits per heavy atom. The first-order valence-electron chi connectivity index (χ1n) is 6.07. The molecule has 1 heterocycles. The molecule has 1 aromatic heterocycles. The lowest BCUT2D eigenvalue weighted by Gasteiger charge is -2.05. The Labute approximate surface area is 126 Å². The van der Waals surface area contributed by atoms with E-state index in [1.807, 2.05) is 12.1 Å². The first-order chi connectivity index (χ1) is 9.93. The summed E-state index contributed by atoms with van der Waals surface area (Å²) in [7, 11) is 1.58.